The molecule has 0 saturated heterocycles. The van der Waals surface area contributed by atoms with Gasteiger partial charge in [-0.15, -0.1) is 0 Å². The van der Waals surface area contributed by atoms with Crippen molar-refractivity contribution in [3.63, 3.8) is 0 Å². The Morgan fingerprint density at radius 3 is 2.87 bits per heavy atom. The smallest absolute Gasteiger partial charge is 0.175 e. The van der Waals surface area contributed by atoms with Gasteiger partial charge in [0, 0.05) is 5.33 Å². The van der Waals surface area contributed by atoms with E-state index in [0.717, 1.165) is 26.9 Å². The molecule has 1 aliphatic rings. The summed E-state index contributed by atoms with van der Waals surface area (Å²) in [4.78, 5) is 0. The predicted molar refractivity (Wildman–Crippen MR) is 68.0 cm³/mol. The van der Waals surface area contributed by atoms with Gasteiger partial charge in [0.1, 0.15) is 13.2 Å². The number of benzene rings is 1. The lowest BCUT2D eigenvalue weighted by Crippen LogP contribution is -2.15. The Morgan fingerprint density at radius 2 is 2.07 bits per heavy atom. The summed E-state index contributed by atoms with van der Waals surface area (Å²) in [5.41, 5.74) is 1.10. The molecular weight excluding hydrogens is 324 g/mol. The molecule has 1 aliphatic heterocycles. The Morgan fingerprint density at radius 1 is 1.27 bits per heavy atom. The van der Waals surface area contributed by atoms with Crippen LogP contribution < -0.4 is 9.47 Å². The molecule has 15 heavy (non-hydrogen) atoms. The number of halogens is 2. The fourth-order valence-corrected chi connectivity index (χ4v) is 2.17. The zero-order valence-corrected chi connectivity index (χ0v) is 11.2. The monoisotopic (exact) mass is 332 g/mol. The minimum Gasteiger partial charge on any atom is -0.486 e. The maximum absolute atomic E-state index is 5.52. The average Bonchev–Trinajstić information content (AvgIpc) is 2.26. The third kappa shape index (κ3) is 2.55. The Bertz CT molecular complexity index is 388. The molecule has 0 aromatic heterocycles. The molecule has 0 bridgehead atoms. The van der Waals surface area contributed by atoms with Gasteiger partial charge in [-0.05, 0) is 33.6 Å². The predicted octanol–water partition coefficient (Wildman–Crippen LogP) is 3.63. The number of alkyl halides is 1. The van der Waals surface area contributed by atoms with Gasteiger partial charge in [0.15, 0.2) is 11.5 Å². The van der Waals surface area contributed by atoms with Gasteiger partial charge in [-0.2, -0.15) is 0 Å². The summed E-state index contributed by atoms with van der Waals surface area (Å²) >= 11 is 6.82. The van der Waals surface area contributed by atoms with Crippen LogP contribution in [-0.4, -0.2) is 18.5 Å². The van der Waals surface area contributed by atoms with Crippen LogP contribution in [0.2, 0.25) is 0 Å². The zero-order chi connectivity index (χ0) is 10.7. The van der Waals surface area contributed by atoms with Crippen LogP contribution >= 0.6 is 31.9 Å². The molecule has 0 radical (unpaired) electrons. The maximum atomic E-state index is 5.52. The number of ether oxygens (including phenoxy) is 2. The van der Waals surface area contributed by atoms with Crippen LogP contribution in [-0.2, 0) is 0 Å². The van der Waals surface area contributed by atoms with Crippen LogP contribution in [0.1, 0.15) is 5.56 Å². The highest BCUT2D eigenvalue weighted by Gasteiger charge is 2.15. The van der Waals surface area contributed by atoms with Crippen molar-refractivity contribution in [1.29, 1.82) is 0 Å². The third-order valence-electron chi connectivity index (χ3n) is 2.02. The van der Waals surface area contributed by atoms with E-state index in [0.29, 0.717) is 13.2 Å². The van der Waals surface area contributed by atoms with Gasteiger partial charge in [-0.25, -0.2) is 0 Å². The molecule has 0 atom stereocenters. The summed E-state index contributed by atoms with van der Waals surface area (Å²) in [5, 5.41) is 0.846. The van der Waals surface area contributed by atoms with E-state index in [1.54, 1.807) is 0 Å². The van der Waals surface area contributed by atoms with E-state index in [1.807, 2.05) is 24.3 Å². The number of rotatable bonds is 2. The lowest BCUT2D eigenvalue weighted by atomic mass is 10.2. The lowest BCUT2D eigenvalue weighted by Gasteiger charge is -2.19. The molecule has 0 N–H and O–H groups in total. The van der Waals surface area contributed by atoms with Crippen LogP contribution in [0, 0.1) is 0 Å². The molecule has 0 amide bonds. The second-order valence-electron chi connectivity index (χ2n) is 3.08. The van der Waals surface area contributed by atoms with Gasteiger partial charge in [0.25, 0.3) is 0 Å². The van der Waals surface area contributed by atoms with E-state index < -0.39 is 0 Å². The standard InChI is InChI=1S/C11H10Br2O2/c12-3-1-2-8-6-9(13)11-10(7-8)14-4-5-15-11/h1-2,6-7H,3-5H2/b2-1+. The highest BCUT2D eigenvalue weighted by Crippen LogP contribution is 2.38. The number of fused-ring (bicyclic) bond motifs is 1. The molecule has 1 aromatic rings. The van der Waals surface area contributed by atoms with Crippen LogP contribution in [0.3, 0.4) is 0 Å². The molecule has 1 heterocycles. The lowest BCUT2D eigenvalue weighted by molar-refractivity contribution is 0.170. The van der Waals surface area contributed by atoms with E-state index in [2.05, 4.69) is 31.9 Å². The Balaban J connectivity index is 2.36. The number of allylic oxidation sites excluding steroid dienone is 1. The number of hydrogen-bond acceptors (Lipinski definition) is 2. The minimum absolute atomic E-state index is 0.613. The highest BCUT2D eigenvalue weighted by atomic mass is 79.9. The molecule has 0 spiro atoms. The fraction of sp³-hybridized carbons (Fsp3) is 0.273. The van der Waals surface area contributed by atoms with E-state index in [9.17, 15) is 0 Å². The van der Waals surface area contributed by atoms with Gasteiger partial charge in [0.05, 0.1) is 4.47 Å². The first-order valence-corrected chi connectivity index (χ1v) is 6.54. The van der Waals surface area contributed by atoms with Crippen LogP contribution in [0.25, 0.3) is 6.08 Å². The quantitative estimate of drug-likeness (QED) is 0.769. The van der Waals surface area contributed by atoms with Crippen molar-refractivity contribution in [3.8, 4) is 11.5 Å². The summed E-state index contributed by atoms with van der Waals surface area (Å²) in [7, 11) is 0. The van der Waals surface area contributed by atoms with Gasteiger partial charge in [-0.3, -0.25) is 0 Å². The topological polar surface area (TPSA) is 18.5 Å². The van der Waals surface area contributed by atoms with Crippen molar-refractivity contribution in [2.75, 3.05) is 18.5 Å². The van der Waals surface area contributed by atoms with E-state index >= 15 is 0 Å². The second kappa shape index (κ2) is 5.03. The van der Waals surface area contributed by atoms with Gasteiger partial charge >= 0.3 is 0 Å². The second-order valence-corrected chi connectivity index (χ2v) is 4.59. The van der Waals surface area contributed by atoms with Crippen molar-refractivity contribution in [3.05, 3.63) is 28.2 Å². The van der Waals surface area contributed by atoms with E-state index in [4.69, 9.17) is 9.47 Å². The first-order valence-electron chi connectivity index (χ1n) is 4.63. The summed E-state index contributed by atoms with van der Waals surface area (Å²) < 4.78 is 12.0. The van der Waals surface area contributed by atoms with Crippen molar-refractivity contribution in [1.82, 2.24) is 0 Å². The summed E-state index contributed by atoms with van der Waals surface area (Å²) in [6, 6.07) is 4.01. The van der Waals surface area contributed by atoms with Crippen molar-refractivity contribution >= 4 is 37.9 Å². The zero-order valence-electron chi connectivity index (χ0n) is 8.00. The summed E-state index contributed by atoms with van der Waals surface area (Å²) in [6.45, 7) is 1.23. The molecule has 2 rings (SSSR count). The maximum Gasteiger partial charge on any atom is 0.175 e. The molecule has 0 unspecified atom stereocenters. The largest absolute Gasteiger partial charge is 0.486 e. The summed E-state index contributed by atoms with van der Waals surface area (Å²) in [5.74, 6) is 1.61. The van der Waals surface area contributed by atoms with Crippen molar-refractivity contribution in [2.45, 2.75) is 0 Å². The molecular formula is C11H10Br2O2. The molecule has 0 fully saturated rings. The average molecular weight is 334 g/mol. The molecule has 1 aromatic carbocycles. The summed E-state index contributed by atoms with van der Waals surface area (Å²) in [6.07, 6.45) is 4.08. The third-order valence-corrected chi connectivity index (χ3v) is 2.98. The fourth-order valence-electron chi connectivity index (χ4n) is 1.41. The van der Waals surface area contributed by atoms with Crippen molar-refractivity contribution < 1.29 is 9.47 Å². The first kappa shape index (κ1) is 11.0. The normalized spacial score (nSPS) is 14.5. The first-order chi connectivity index (χ1) is 7.31. The van der Waals surface area contributed by atoms with Crippen molar-refractivity contribution in [2.24, 2.45) is 0 Å². The molecule has 2 nitrogen and oxygen atoms in total. The van der Waals surface area contributed by atoms with Crippen LogP contribution in [0.15, 0.2) is 22.7 Å². The Labute approximate surface area is 106 Å². The molecule has 4 heteroatoms. The molecule has 80 valence electrons. The van der Waals surface area contributed by atoms with Gasteiger partial charge in [-0.1, -0.05) is 28.1 Å². The van der Waals surface area contributed by atoms with E-state index in [-0.39, 0.29) is 0 Å². The molecule has 0 saturated carbocycles. The molecule has 0 aliphatic carbocycles. The Hall–Kier alpha value is -0.480. The van der Waals surface area contributed by atoms with Gasteiger partial charge in [0.2, 0.25) is 0 Å². The number of hydrogen-bond donors (Lipinski definition) is 0. The van der Waals surface area contributed by atoms with Gasteiger partial charge < -0.3 is 9.47 Å². The van der Waals surface area contributed by atoms with Crippen LogP contribution in [0.4, 0.5) is 0 Å². The van der Waals surface area contributed by atoms with Crippen LogP contribution in [0.5, 0.6) is 11.5 Å². The highest BCUT2D eigenvalue weighted by molar-refractivity contribution is 9.10. The van der Waals surface area contributed by atoms with E-state index in [1.165, 1.54) is 0 Å². The minimum atomic E-state index is 0.613. The SMILES string of the molecule is BrC/C=C/c1cc(Br)c2c(c1)OCCO2. The Kier molecular flexibility index (Phi) is 3.70.